The van der Waals surface area contributed by atoms with Gasteiger partial charge in [-0.25, -0.2) is 4.79 Å². The molecule has 2 rings (SSSR count). The summed E-state index contributed by atoms with van der Waals surface area (Å²) >= 11 is 0. The van der Waals surface area contributed by atoms with Crippen LogP contribution in [0.25, 0.3) is 0 Å². The summed E-state index contributed by atoms with van der Waals surface area (Å²) in [6.45, 7) is 3.64. The van der Waals surface area contributed by atoms with Gasteiger partial charge in [-0.15, -0.1) is 0 Å². The van der Waals surface area contributed by atoms with Crippen molar-refractivity contribution in [3.8, 4) is 0 Å². The molecule has 0 aliphatic carbocycles. The molecule has 1 heterocycles. The van der Waals surface area contributed by atoms with Crippen molar-refractivity contribution >= 4 is 17.8 Å². The second-order valence-electron chi connectivity index (χ2n) is 4.67. The molecule has 0 spiro atoms. The van der Waals surface area contributed by atoms with Crippen LogP contribution in [0.15, 0.2) is 18.2 Å². The molecule has 1 N–H and O–H groups in total. The predicted octanol–water partition coefficient (Wildman–Crippen LogP) is 1.84. The Hall–Kier alpha value is -2.17. The molecule has 0 aromatic heterocycles. The topological polar surface area (TPSA) is 74.7 Å². The van der Waals surface area contributed by atoms with E-state index in [2.05, 4.69) is 0 Å². The molecule has 5 heteroatoms. The van der Waals surface area contributed by atoms with Crippen LogP contribution >= 0.6 is 0 Å². The quantitative estimate of drug-likeness (QED) is 0.839. The first kappa shape index (κ1) is 13.3. The predicted molar refractivity (Wildman–Crippen MR) is 68.0 cm³/mol. The highest BCUT2D eigenvalue weighted by atomic mass is 16.4. The third-order valence-corrected chi connectivity index (χ3v) is 3.23. The van der Waals surface area contributed by atoms with E-state index in [1.807, 2.05) is 13.8 Å². The van der Waals surface area contributed by atoms with Crippen molar-refractivity contribution in [2.75, 3.05) is 0 Å². The van der Waals surface area contributed by atoms with Crippen molar-refractivity contribution in [1.29, 1.82) is 0 Å². The lowest BCUT2D eigenvalue weighted by atomic mass is 10.1. The number of aliphatic carboxylic acids is 1. The Labute approximate surface area is 110 Å². The Morgan fingerprint density at radius 1 is 1.26 bits per heavy atom. The van der Waals surface area contributed by atoms with E-state index in [4.69, 9.17) is 0 Å². The molecular weight excluding hydrogens is 246 g/mol. The molecule has 5 nitrogen and oxygen atoms in total. The van der Waals surface area contributed by atoms with Gasteiger partial charge in [0.25, 0.3) is 11.8 Å². The van der Waals surface area contributed by atoms with Crippen LogP contribution in [-0.2, 0) is 4.79 Å². The van der Waals surface area contributed by atoms with Crippen LogP contribution in [0.5, 0.6) is 0 Å². The lowest BCUT2D eigenvalue weighted by Gasteiger charge is -2.21. The molecule has 1 aliphatic heterocycles. The zero-order chi connectivity index (χ0) is 14.2. The molecule has 0 saturated carbocycles. The first-order valence-corrected chi connectivity index (χ1v) is 6.18. The van der Waals surface area contributed by atoms with E-state index < -0.39 is 23.8 Å². The number of carboxylic acid groups (broad SMARTS) is 1. The van der Waals surface area contributed by atoms with Gasteiger partial charge in [0.2, 0.25) is 0 Å². The number of hydrogen-bond acceptors (Lipinski definition) is 3. The fourth-order valence-electron chi connectivity index (χ4n) is 2.29. The number of hydrogen-bond donors (Lipinski definition) is 1. The Balaban J connectivity index is 2.44. The molecule has 1 aliphatic rings. The van der Waals surface area contributed by atoms with Gasteiger partial charge in [-0.05, 0) is 25.5 Å². The Kier molecular flexibility index (Phi) is 3.38. The zero-order valence-electron chi connectivity index (χ0n) is 10.8. The lowest BCUT2D eigenvalue weighted by Crippen LogP contribution is -2.44. The number of carbonyl (C=O) groups is 3. The van der Waals surface area contributed by atoms with Gasteiger partial charge in [0.1, 0.15) is 6.04 Å². The van der Waals surface area contributed by atoms with Crippen molar-refractivity contribution in [3.63, 3.8) is 0 Å². The zero-order valence-corrected chi connectivity index (χ0v) is 10.8. The molecule has 1 aromatic rings. The van der Waals surface area contributed by atoms with E-state index in [-0.39, 0.29) is 12.0 Å². The molecule has 1 unspecified atom stereocenters. The molecule has 19 heavy (non-hydrogen) atoms. The highest BCUT2D eigenvalue weighted by Crippen LogP contribution is 2.27. The van der Waals surface area contributed by atoms with Crippen LogP contribution in [0.3, 0.4) is 0 Å². The second kappa shape index (κ2) is 4.84. The number of imide groups is 1. The number of carboxylic acids is 1. The smallest absolute Gasteiger partial charge is 0.326 e. The molecule has 1 atom stereocenters. The minimum absolute atomic E-state index is 0.264. The van der Waals surface area contributed by atoms with E-state index in [9.17, 15) is 19.5 Å². The van der Waals surface area contributed by atoms with Crippen LogP contribution in [-0.4, -0.2) is 33.8 Å². The minimum atomic E-state index is -1.15. The number of carbonyl (C=O) groups excluding carboxylic acids is 2. The summed E-state index contributed by atoms with van der Waals surface area (Å²) in [5.41, 5.74) is 1.45. The maximum Gasteiger partial charge on any atom is 0.326 e. The van der Waals surface area contributed by atoms with E-state index >= 15 is 0 Å². The number of aryl methyl sites for hydroxylation is 1. The largest absolute Gasteiger partial charge is 0.480 e. The summed E-state index contributed by atoms with van der Waals surface area (Å²) in [5.74, 6) is -2.17. The summed E-state index contributed by atoms with van der Waals surface area (Å²) in [6.07, 6.45) is 0.850. The normalized spacial score (nSPS) is 15.6. The Morgan fingerprint density at radius 3 is 2.47 bits per heavy atom. The standard InChI is InChI=1S/C14H15NO4/c1-3-4-11(14(18)19)15-12(16)9-6-5-8(2)7-10(9)13(15)17/h5-7,11H,3-4H2,1-2H3,(H,18,19). The van der Waals surface area contributed by atoms with Gasteiger partial charge in [0, 0.05) is 0 Å². The van der Waals surface area contributed by atoms with Crippen molar-refractivity contribution in [3.05, 3.63) is 34.9 Å². The average Bonchev–Trinajstić information content (AvgIpc) is 2.59. The van der Waals surface area contributed by atoms with E-state index in [1.165, 1.54) is 0 Å². The fraction of sp³-hybridized carbons (Fsp3) is 0.357. The summed E-state index contributed by atoms with van der Waals surface area (Å²) in [5, 5.41) is 9.19. The second-order valence-corrected chi connectivity index (χ2v) is 4.67. The molecule has 0 saturated heterocycles. The number of benzene rings is 1. The van der Waals surface area contributed by atoms with Crippen molar-refractivity contribution < 1.29 is 19.5 Å². The maximum atomic E-state index is 12.2. The minimum Gasteiger partial charge on any atom is -0.480 e. The molecule has 1 aromatic carbocycles. The SMILES string of the molecule is CCCC(C(=O)O)N1C(=O)c2ccc(C)cc2C1=O. The van der Waals surface area contributed by atoms with Crippen molar-refractivity contribution in [2.45, 2.75) is 32.7 Å². The lowest BCUT2D eigenvalue weighted by molar-refractivity contribution is -0.141. The molecular formula is C14H15NO4. The molecule has 0 fully saturated rings. The number of fused-ring (bicyclic) bond motifs is 1. The van der Waals surface area contributed by atoms with Crippen molar-refractivity contribution in [1.82, 2.24) is 4.90 Å². The van der Waals surface area contributed by atoms with E-state index in [1.54, 1.807) is 18.2 Å². The molecule has 0 bridgehead atoms. The maximum absolute atomic E-state index is 12.2. The summed E-state index contributed by atoms with van der Waals surface area (Å²) in [4.78, 5) is 36.5. The monoisotopic (exact) mass is 261 g/mol. The van der Waals surface area contributed by atoms with Gasteiger partial charge in [-0.1, -0.05) is 25.0 Å². The summed E-state index contributed by atoms with van der Waals surface area (Å²) in [6, 6.07) is 3.86. The van der Waals surface area contributed by atoms with Crippen LogP contribution in [0.1, 0.15) is 46.0 Å². The third-order valence-electron chi connectivity index (χ3n) is 3.23. The van der Waals surface area contributed by atoms with Gasteiger partial charge in [-0.2, -0.15) is 0 Å². The van der Waals surface area contributed by atoms with Gasteiger partial charge in [0.05, 0.1) is 11.1 Å². The number of nitrogens with zero attached hydrogens (tertiary/aromatic N) is 1. The van der Waals surface area contributed by atoms with Crippen molar-refractivity contribution in [2.24, 2.45) is 0 Å². The highest BCUT2D eigenvalue weighted by molar-refractivity contribution is 6.22. The van der Waals surface area contributed by atoms with Crippen LogP contribution < -0.4 is 0 Å². The Bertz CT molecular complexity index is 565. The number of rotatable bonds is 4. The van der Waals surface area contributed by atoms with Gasteiger partial charge in [-0.3, -0.25) is 14.5 Å². The van der Waals surface area contributed by atoms with Crippen LogP contribution in [0.4, 0.5) is 0 Å². The third kappa shape index (κ3) is 2.12. The van der Waals surface area contributed by atoms with Gasteiger partial charge >= 0.3 is 5.97 Å². The fourth-order valence-corrected chi connectivity index (χ4v) is 2.29. The highest BCUT2D eigenvalue weighted by Gasteiger charge is 2.42. The van der Waals surface area contributed by atoms with Gasteiger partial charge < -0.3 is 5.11 Å². The average molecular weight is 261 g/mol. The first-order valence-electron chi connectivity index (χ1n) is 6.18. The van der Waals surface area contributed by atoms with Crippen LogP contribution in [0.2, 0.25) is 0 Å². The first-order chi connectivity index (χ1) is 8.97. The summed E-state index contributed by atoms with van der Waals surface area (Å²) < 4.78 is 0. The molecule has 2 amide bonds. The van der Waals surface area contributed by atoms with Crippen LogP contribution in [0, 0.1) is 6.92 Å². The number of amides is 2. The molecule has 100 valence electrons. The molecule has 0 radical (unpaired) electrons. The van der Waals surface area contributed by atoms with Gasteiger partial charge in [0.15, 0.2) is 0 Å². The summed E-state index contributed by atoms with van der Waals surface area (Å²) in [7, 11) is 0. The van der Waals surface area contributed by atoms with E-state index in [0.717, 1.165) is 10.5 Å². The Morgan fingerprint density at radius 2 is 1.89 bits per heavy atom. The van der Waals surface area contributed by atoms with E-state index in [0.29, 0.717) is 12.0 Å².